The van der Waals surface area contributed by atoms with Gasteiger partial charge in [0, 0.05) is 6.42 Å². The quantitative estimate of drug-likeness (QED) is 0.261. The molecule has 13 heteroatoms. The van der Waals surface area contributed by atoms with Gasteiger partial charge in [0.1, 0.15) is 11.8 Å². The molecule has 2 N–H and O–H groups in total. The molecule has 1 heterocycles. The standard InChI is InChI=1S/C27H19F6N3O4/c28-26(29,30)23-21(15-34-36(23)19-4-2-1-3-5-19)24(37)35-22(25(38)39)14-16-6-8-17(9-7-16)18-10-12-20(13-11-18)40-27(31,32)33/h1-13,15,22H,14H2,(H,35,37)(H,38,39). The molecule has 4 aromatic rings. The topological polar surface area (TPSA) is 93.4 Å². The summed E-state index contributed by atoms with van der Waals surface area (Å²) in [5.74, 6) is -3.13. The zero-order chi connectivity index (χ0) is 29.1. The first-order valence-corrected chi connectivity index (χ1v) is 11.5. The first kappa shape index (κ1) is 28.2. The molecule has 1 atom stereocenters. The molecule has 1 amide bonds. The number of benzene rings is 3. The van der Waals surface area contributed by atoms with Crippen molar-refractivity contribution in [1.82, 2.24) is 15.1 Å². The lowest BCUT2D eigenvalue weighted by atomic mass is 10.0. The van der Waals surface area contributed by atoms with Crippen molar-refractivity contribution in [2.24, 2.45) is 0 Å². The number of para-hydroxylation sites is 1. The van der Waals surface area contributed by atoms with Gasteiger partial charge in [-0.15, -0.1) is 13.2 Å². The number of hydrogen-bond acceptors (Lipinski definition) is 4. The molecule has 40 heavy (non-hydrogen) atoms. The third kappa shape index (κ3) is 6.79. The average molecular weight is 563 g/mol. The van der Waals surface area contributed by atoms with E-state index in [1.165, 1.54) is 48.5 Å². The number of carboxylic acids is 1. The molecule has 0 spiro atoms. The summed E-state index contributed by atoms with van der Waals surface area (Å²) in [6.07, 6.45) is -9.32. The predicted octanol–water partition coefficient (Wildman–Crippen LogP) is 5.88. The minimum atomic E-state index is -4.97. The minimum absolute atomic E-state index is 0.0614. The van der Waals surface area contributed by atoms with Gasteiger partial charge in [-0.05, 0) is 41.0 Å². The van der Waals surface area contributed by atoms with Gasteiger partial charge >= 0.3 is 18.5 Å². The third-order valence-corrected chi connectivity index (χ3v) is 5.70. The van der Waals surface area contributed by atoms with E-state index in [1.807, 2.05) is 0 Å². The summed E-state index contributed by atoms with van der Waals surface area (Å²) < 4.78 is 83.1. The van der Waals surface area contributed by atoms with Crippen molar-refractivity contribution in [2.75, 3.05) is 0 Å². The number of alkyl halides is 6. The highest BCUT2D eigenvalue weighted by Crippen LogP contribution is 2.34. The van der Waals surface area contributed by atoms with Crippen LogP contribution in [0, 0.1) is 0 Å². The number of aliphatic carboxylic acids is 1. The Morgan fingerprint density at radius 2 is 1.45 bits per heavy atom. The maximum absolute atomic E-state index is 13.9. The summed E-state index contributed by atoms with van der Waals surface area (Å²) in [6, 6.07) is 17.1. The molecule has 0 aliphatic rings. The third-order valence-electron chi connectivity index (χ3n) is 5.70. The number of nitrogens with zero attached hydrogens (tertiary/aromatic N) is 2. The molecule has 0 saturated carbocycles. The van der Waals surface area contributed by atoms with Gasteiger partial charge < -0.3 is 15.2 Å². The van der Waals surface area contributed by atoms with Gasteiger partial charge in [-0.1, -0.05) is 54.6 Å². The Bertz CT molecular complexity index is 1480. The van der Waals surface area contributed by atoms with Crippen LogP contribution in [0.3, 0.4) is 0 Å². The Morgan fingerprint density at radius 1 is 0.875 bits per heavy atom. The molecule has 0 fully saturated rings. The number of carboxylic acid groups (broad SMARTS) is 1. The monoisotopic (exact) mass is 563 g/mol. The van der Waals surface area contributed by atoms with Crippen LogP contribution < -0.4 is 10.1 Å². The predicted molar refractivity (Wildman–Crippen MR) is 130 cm³/mol. The van der Waals surface area contributed by atoms with Crippen LogP contribution in [0.1, 0.15) is 21.6 Å². The van der Waals surface area contributed by atoms with E-state index in [4.69, 9.17) is 0 Å². The molecule has 0 saturated heterocycles. The van der Waals surface area contributed by atoms with Crippen LogP contribution in [0.15, 0.2) is 85.1 Å². The van der Waals surface area contributed by atoms with Crippen LogP contribution in [-0.4, -0.2) is 39.2 Å². The maximum atomic E-state index is 13.9. The second-order valence-corrected chi connectivity index (χ2v) is 8.49. The number of hydrogen-bond donors (Lipinski definition) is 2. The lowest BCUT2D eigenvalue weighted by Gasteiger charge is -2.16. The van der Waals surface area contributed by atoms with Crippen molar-refractivity contribution in [3.63, 3.8) is 0 Å². The Morgan fingerprint density at radius 3 is 1.98 bits per heavy atom. The molecular weight excluding hydrogens is 544 g/mol. The fourth-order valence-electron chi connectivity index (χ4n) is 3.91. The van der Waals surface area contributed by atoms with Gasteiger partial charge in [-0.2, -0.15) is 18.3 Å². The molecule has 4 rings (SSSR count). The molecule has 0 aliphatic heterocycles. The van der Waals surface area contributed by atoms with E-state index in [9.17, 15) is 41.0 Å². The number of carbonyl (C=O) groups is 2. The van der Waals surface area contributed by atoms with Crippen LogP contribution >= 0.6 is 0 Å². The molecule has 1 unspecified atom stereocenters. The summed E-state index contributed by atoms with van der Waals surface area (Å²) in [4.78, 5) is 24.7. The van der Waals surface area contributed by atoms with Crippen LogP contribution in [0.25, 0.3) is 16.8 Å². The molecular formula is C27H19F6N3O4. The van der Waals surface area contributed by atoms with E-state index in [2.05, 4.69) is 15.2 Å². The second-order valence-electron chi connectivity index (χ2n) is 8.49. The number of nitrogens with one attached hydrogen (secondary N) is 1. The van der Waals surface area contributed by atoms with E-state index in [0.29, 0.717) is 21.4 Å². The van der Waals surface area contributed by atoms with Crippen molar-refractivity contribution in [2.45, 2.75) is 25.0 Å². The fraction of sp³-hybridized carbons (Fsp3) is 0.148. The molecule has 0 radical (unpaired) electrons. The number of carbonyl (C=O) groups excluding carboxylic acids is 1. The highest BCUT2D eigenvalue weighted by molar-refractivity contribution is 5.97. The summed E-state index contributed by atoms with van der Waals surface area (Å²) in [5.41, 5.74) is -0.538. The van der Waals surface area contributed by atoms with Crippen molar-refractivity contribution >= 4 is 11.9 Å². The Hall–Kier alpha value is -4.81. The van der Waals surface area contributed by atoms with E-state index >= 15 is 0 Å². The second kappa shape index (κ2) is 11.1. The molecule has 0 aliphatic carbocycles. The molecule has 1 aromatic heterocycles. The number of halogens is 6. The largest absolute Gasteiger partial charge is 0.573 e. The minimum Gasteiger partial charge on any atom is -0.480 e. The van der Waals surface area contributed by atoms with Gasteiger partial charge in [0.25, 0.3) is 5.91 Å². The number of amides is 1. The summed E-state index contributed by atoms with van der Waals surface area (Å²) >= 11 is 0. The average Bonchev–Trinajstić information content (AvgIpc) is 3.35. The fourth-order valence-corrected chi connectivity index (χ4v) is 3.91. The smallest absolute Gasteiger partial charge is 0.480 e. The molecule has 3 aromatic carbocycles. The van der Waals surface area contributed by atoms with Gasteiger partial charge in [0.2, 0.25) is 0 Å². The van der Waals surface area contributed by atoms with Crippen LogP contribution in [0.2, 0.25) is 0 Å². The van der Waals surface area contributed by atoms with E-state index in [-0.39, 0.29) is 12.1 Å². The normalized spacial score (nSPS) is 12.6. The van der Waals surface area contributed by atoms with Gasteiger partial charge in [-0.25, -0.2) is 9.48 Å². The summed E-state index contributed by atoms with van der Waals surface area (Å²) in [6.45, 7) is 0. The Labute approximate surface area is 222 Å². The lowest BCUT2D eigenvalue weighted by Crippen LogP contribution is -2.42. The van der Waals surface area contributed by atoms with Gasteiger partial charge in [-0.3, -0.25) is 4.79 Å². The Kier molecular flexibility index (Phi) is 7.84. The van der Waals surface area contributed by atoms with Crippen molar-refractivity contribution < 1.29 is 45.8 Å². The van der Waals surface area contributed by atoms with E-state index in [1.54, 1.807) is 18.2 Å². The van der Waals surface area contributed by atoms with E-state index in [0.717, 1.165) is 18.3 Å². The van der Waals surface area contributed by atoms with E-state index < -0.39 is 47.5 Å². The van der Waals surface area contributed by atoms with Crippen molar-refractivity contribution in [3.05, 3.63) is 102 Å². The number of rotatable bonds is 8. The van der Waals surface area contributed by atoms with Crippen molar-refractivity contribution in [3.8, 4) is 22.6 Å². The van der Waals surface area contributed by atoms with Crippen LogP contribution in [-0.2, 0) is 17.4 Å². The van der Waals surface area contributed by atoms with Crippen LogP contribution in [0.4, 0.5) is 26.3 Å². The Balaban J connectivity index is 1.50. The molecule has 0 bridgehead atoms. The number of aromatic nitrogens is 2. The first-order valence-electron chi connectivity index (χ1n) is 11.5. The number of ether oxygens (including phenoxy) is 1. The lowest BCUT2D eigenvalue weighted by molar-refractivity contribution is -0.274. The molecule has 208 valence electrons. The van der Waals surface area contributed by atoms with Gasteiger partial charge in [0.15, 0.2) is 5.69 Å². The highest BCUT2D eigenvalue weighted by atomic mass is 19.4. The maximum Gasteiger partial charge on any atom is 0.573 e. The summed E-state index contributed by atoms with van der Waals surface area (Å²) in [7, 11) is 0. The summed E-state index contributed by atoms with van der Waals surface area (Å²) in [5, 5.41) is 15.5. The first-order chi connectivity index (χ1) is 18.8. The molecule has 7 nitrogen and oxygen atoms in total. The zero-order valence-electron chi connectivity index (χ0n) is 20.2. The van der Waals surface area contributed by atoms with Crippen molar-refractivity contribution in [1.29, 1.82) is 0 Å². The SMILES string of the molecule is O=C(NC(Cc1ccc(-c2ccc(OC(F)(F)F)cc2)cc1)C(=O)O)c1cnn(-c2ccccc2)c1C(F)(F)F. The zero-order valence-corrected chi connectivity index (χ0v) is 20.2. The highest BCUT2D eigenvalue weighted by Gasteiger charge is 2.41. The van der Waals surface area contributed by atoms with Crippen LogP contribution in [0.5, 0.6) is 5.75 Å². The van der Waals surface area contributed by atoms with Gasteiger partial charge in [0.05, 0.1) is 17.4 Å².